The van der Waals surface area contributed by atoms with Crippen molar-refractivity contribution in [3.63, 3.8) is 0 Å². The predicted molar refractivity (Wildman–Crippen MR) is 124 cm³/mol. The SMILES string of the molecule is Cc1nn(CC(=O)Nc2ccn(Cc3ccc(F)cc3)n2)c2nccc(-c3ccccc3)c12. The van der Waals surface area contributed by atoms with E-state index in [9.17, 15) is 9.18 Å². The summed E-state index contributed by atoms with van der Waals surface area (Å²) in [5, 5.41) is 12.7. The maximum absolute atomic E-state index is 13.1. The third-order valence-corrected chi connectivity index (χ3v) is 5.35. The van der Waals surface area contributed by atoms with Gasteiger partial charge in [0, 0.05) is 23.8 Å². The first-order valence-electron chi connectivity index (χ1n) is 10.5. The topological polar surface area (TPSA) is 77.6 Å². The summed E-state index contributed by atoms with van der Waals surface area (Å²) >= 11 is 0. The highest BCUT2D eigenvalue weighted by Crippen LogP contribution is 2.29. The van der Waals surface area contributed by atoms with E-state index in [2.05, 4.69) is 20.5 Å². The standard InChI is InChI=1S/C25H21FN6O/c1-17-24-21(19-5-3-2-4-6-19)11-13-27-25(24)32(29-17)16-23(33)28-22-12-14-31(30-22)15-18-7-9-20(26)10-8-18/h2-14H,15-16H2,1H3,(H,28,30,33). The van der Waals surface area contributed by atoms with Crippen LogP contribution in [0.15, 0.2) is 79.1 Å². The number of aryl methyl sites for hydroxylation is 1. The number of aromatic nitrogens is 5. The lowest BCUT2D eigenvalue weighted by Gasteiger charge is -2.06. The maximum Gasteiger partial charge on any atom is 0.247 e. The molecule has 0 saturated carbocycles. The Labute approximate surface area is 189 Å². The number of fused-ring (bicyclic) bond motifs is 1. The van der Waals surface area contributed by atoms with E-state index >= 15 is 0 Å². The highest BCUT2D eigenvalue weighted by Gasteiger charge is 2.16. The predicted octanol–water partition coefficient (Wildman–Crippen LogP) is 4.43. The summed E-state index contributed by atoms with van der Waals surface area (Å²) in [5.41, 5.74) is 4.49. The molecule has 5 aromatic rings. The summed E-state index contributed by atoms with van der Waals surface area (Å²) in [7, 11) is 0. The average Bonchev–Trinajstić information content (AvgIpc) is 3.39. The van der Waals surface area contributed by atoms with Crippen LogP contribution < -0.4 is 5.32 Å². The third-order valence-electron chi connectivity index (χ3n) is 5.35. The number of rotatable bonds is 6. The number of halogens is 1. The van der Waals surface area contributed by atoms with Gasteiger partial charge in [0.05, 0.1) is 12.2 Å². The van der Waals surface area contributed by atoms with E-state index < -0.39 is 0 Å². The lowest BCUT2D eigenvalue weighted by Crippen LogP contribution is -2.20. The quantitative estimate of drug-likeness (QED) is 0.424. The average molecular weight is 440 g/mol. The monoisotopic (exact) mass is 440 g/mol. The molecule has 0 saturated heterocycles. The molecule has 7 nitrogen and oxygen atoms in total. The molecule has 0 fully saturated rings. The zero-order valence-corrected chi connectivity index (χ0v) is 17.9. The largest absolute Gasteiger partial charge is 0.308 e. The van der Waals surface area contributed by atoms with E-state index in [0.717, 1.165) is 27.8 Å². The van der Waals surface area contributed by atoms with E-state index in [-0.39, 0.29) is 18.3 Å². The lowest BCUT2D eigenvalue weighted by atomic mass is 10.0. The normalized spacial score (nSPS) is 11.1. The van der Waals surface area contributed by atoms with Gasteiger partial charge < -0.3 is 5.32 Å². The number of carbonyl (C=O) groups is 1. The van der Waals surface area contributed by atoms with Crippen LogP contribution >= 0.6 is 0 Å². The van der Waals surface area contributed by atoms with Crippen molar-refractivity contribution in [2.45, 2.75) is 20.0 Å². The molecule has 1 N–H and O–H groups in total. The minimum absolute atomic E-state index is 0.0143. The van der Waals surface area contributed by atoms with Crippen LogP contribution in [0.5, 0.6) is 0 Å². The molecule has 5 rings (SSSR count). The number of nitrogens with one attached hydrogen (secondary N) is 1. The fraction of sp³-hybridized carbons (Fsp3) is 0.120. The van der Waals surface area contributed by atoms with Crippen molar-refractivity contribution in [1.29, 1.82) is 0 Å². The van der Waals surface area contributed by atoms with Crippen molar-refractivity contribution < 1.29 is 9.18 Å². The molecule has 0 aliphatic rings. The van der Waals surface area contributed by atoms with E-state index in [1.165, 1.54) is 12.1 Å². The van der Waals surface area contributed by atoms with Crippen LogP contribution in [0.25, 0.3) is 22.2 Å². The zero-order valence-electron chi connectivity index (χ0n) is 17.9. The number of hydrogen-bond donors (Lipinski definition) is 1. The Morgan fingerprint density at radius 1 is 1.00 bits per heavy atom. The molecule has 164 valence electrons. The highest BCUT2D eigenvalue weighted by atomic mass is 19.1. The molecule has 0 atom stereocenters. The smallest absolute Gasteiger partial charge is 0.247 e. The summed E-state index contributed by atoms with van der Waals surface area (Å²) in [6.07, 6.45) is 3.50. The van der Waals surface area contributed by atoms with Gasteiger partial charge in [-0.3, -0.25) is 9.48 Å². The van der Waals surface area contributed by atoms with E-state index in [1.807, 2.05) is 43.3 Å². The molecule has 0 bridgehead atoms. The van der Waals surface area contributed by atoms with E-state index in [4.69, 9.17) is 0 Å². The molecule has 3 heterocycles. The van der Waals surface area contributed by atoms with Gasteiger partial charge in [-0.2, -0.15) is 10.2 Å². The molecule has 8 heteroatoms. The van der Waals surface area contributed by atoms with Crippen molar-refractivity contribution in [3.8, 4) is 11.1 Å². The van der Waals surface area contributed by atoms with Gasteiger partial charge in [-0.25, -0.2) is 14.1 Å². The highest BCUT2D eigenvalue weighted by molar-refractivity contribution is 5.96. The molecule has 0 aliphatic carbocycles. The van der Waals surface area contributed by atoms with E-state index in [1.54, 1.807) is 40.0 Å². The third kappa shape index (κ3) is 4.36. The first-order valence-corrected chi connectivity index (χ1v) is 10.5. The second-order valence-electron chi connectivity index (χ2n) is 7.74. The molecular weight excluding hydrogens is 419 g/mol. The Morgan fingerprint density at radius 3 is 2.58 bits per heavy atom. The van der Waals surface area contributed by atoms with Crippen LogP contribution in [0.1, 0.15) is 11.3 Å². The van der Waals surface area contributed by atoms with Gasteiger partial charge in [-0.1, -0.05) is 42.5 Å². The number of hydrogen-bond acceptors (Lipinski definition) is 4. The summed E-state index contributed by atoms with van der Waals surface area (Å²) in [5.74, 6) is -0.0921. The molecule has 0 radical (unpaired) electrons. The molecular formula is C25H21FN6O. The van der Waals surface area contributed by atoms with Crippen LogP contribution in [0.4, 0.5) is 10.2 Å². The van der Waals surface area contributed by atoms with Gasteiger partial charge in [-0.15, -0.1) is 0 Å². The maximum atomic E-state index is 13.1. The number of carbonyl (C=O) groups excluding carboxylic acids is 1. The Balaban J connectivity index is 1.32. The van der Waals surface area contributed by atoms with E-state index in [0.29, 0.717) is 18.0 Å². The number of pyridine rings is 1. The molecule has 1 amide bonds. The van der Waals surface area contributed by atoms with Crippen molar-refractivity contribution in [1.82, 2.24) is 24.5 Å². The summed E-state index contributed by atoms with van der Waals surface area (Å²) < 4.78 is 16.4. The molecule has 0 unspecified atom stereocenters. The minimum atomic E-state index is -0.279. The molecule has 2 aromatic carbocycles. The van der Waals surface area contributed by atoms with Gasteiger partial charge in [0.1, 0.15) is 12.4 Å². The molecule has 33 heavy (non-hydrogen) atoms. The van der Waals surface area contributed by atoms with Crippen molar-refractivity contribution >= 4 is 22.8 Å². The van der Waals surface area contributed by atoms with Crippen LogP contribution in [-0.2, 0) is 17.9 Å². The van der Waals surface area contributed by atoms with Crippen molar-refractivity contribution in [2.24, 2.45) is 0 Å². The van der Waals surface area contributed by atoms with Crippen LogP contribution in [-0.4, -0.2) is 30.5 Å². The number of benzene rings is 2. The fourth-order valence-corrected chi connectivity index (χ4v) is 3.86. The van der Waals surface area contributed by atoms with Crippen LogP contribution in [0, 0.1) is 12.7 Å². The van der Waals surface area contributed by atoms with Gasteiger partial charge >= 0.3 is 0 Å². The number of anilines is 1. The Bertz CT molecular complexity index is 1420. The van der Waals surface area contributed by atoms with Gasteiger partial charge in [0.25, 0.3) is 0 Å². The summed E-state index contributed by atoms with van der Waals surface area (Å²) in [4.78, 5) is 17.2. The Hall–Kier alpha value is -4.33. The summed E-state index contributed by atoms with van der Waals surface area (Å²) in [6, 6.07) is 20.0. The Morgan fingerprint density at radius 2 is 1.79 bits per heavy atom. The zero-order chi connectivity index (χ0) is 22.8. The number of nitrogens with zero attached hydrogens (tertiary/aromatic N) is 5. The van der Waals surface area contributed by atoms with Gasteiger partial charge in [-0.05, 0) is 41.8 Å². The molecule has 0 spiro atoms. The van der Waals surface area contributed by atoms with Gasteiger partial charge in [0.2, 0.25) is 5.91 Å². The summed E-state index contributed by atoms with van der Waals surface area (Å²) in [6.45, 7) is 2.41. The van der Waals surface area contributed by atoms with Crippen LogP contribution in [0.2, 0.25) is 0 Å². The van der Waals surface area contributed by atoms with Crippen molar-refractivity contribution in [3.05, 3.63) is 96.2 Å². The lowest BCUT2D eigenvalue weighted by molar-refractivity contribution is -0.116. The van der Waals surface area contributed by atoms with Crippen LogP contribution in [0.3, 0.4) is 0 Å². The molecule has 3 aromatic heterocycles. The Kier molecular flexibility index (Phi) is 5.40. The minimum Gasteiger partial charge on any atom is -0.308 e. The second-order valence-corrected chi connectivity index (χ2v) is 7.74. The number of amides is 1. The second kappa shape index (κ2) is 8.66. The first kappa shape index (κ1) is 20.6. The molecule has 0 aliphatic heterocycles. The van der Waals surface area contributed by atoms with Gasteiger partial charge in [0.15, 0.2) is 11.5 Å². The van der Waals surface area contributed by atoms with Crippen molar-refractivity contribution in [2.75, 3.05) is 5.32 Å². The fourth-order valence-electron chi connectivity index (χ4n) is 3.86. The first-order chi connectivity index (χ1) is 16.1.